The van der Waals surface area contributed by atoms with Gasteiger partial charge in [0.15, 0.2) is 0 Å². The van der Waals surface area contributed by atoms with E-state index >= 15 is 0 Å². The van der Waals surface area contributed by atoms with Crippen LogP contribution >= 0.6 is 0 Å². The first kappa shape index (κ1) is 11.3. The Labute approximate surface area is 88.5 Å². The highest BCUT2D eigenvalue weighted by atomic mass is 16.5. The number of ether oxygens (including phenoxy) is 1. The molecule has 1 rings (SSSR count). The first-order chi connectivity index (χ1) is 6.77. The predicted molar refractivity (Wildman–Crippen MR) is 62.2 cm³/mol. The van der Waals surface area contributed by atoms with Crippen LogP contribution in [-0.2, 0) is 4.74 Å². The summed E-state index contributed by atoms with van der Waals surface area (Å²) in [4.78, 5) is 0. The summed E-state index contributed by atoms with van der Waals surface area (Å²) in [6.07, 6.45) is 7.77. The molecule has 0 unspecified atom stereocenters. The van der Waals surface area contributed by atoms with E-state index in [9.17, 15) is 0 Å². The fraction of sp³-hybridized carbons (Fsp3) is 0.667. The predicted octanol–water partition coefficient (Wildman–Crippen LogP) is 2.73. The number of allylic oxidation sites excluding steroid dienone is 4. The molecule has 1 aliphatic carbocycles. The number of methoxy groups -OCH3 is 1. The zero-order valence-electron chi connectivity index (χ0n) is 9.47. The number of nitrogens with one attached hydrogen (secondary N) is 1. The molecule has 0 amide bonds. The van der Waals surface area contributed by atoms with E-state index in [0.717, 1.165) is 25.1 Å². The standard InChI is InChI=1S/C12H21NO.H2/c1-10(8-9-13-2)11-4-6-12(14-3)7-5-11;/h4,6,10,13H,5,7-9H2,1-3H3;1H/t10-;/m1./s1. The lowest BCUT2D eigenvalue weighted by Crippen LogP contribution is -2.13. The number of rotatable bonds is 5. The molecule has 82 valence electrons. The van der Waals surface area contributed by atoms with Gasteiger partial charge in [0.2, 0.25) is 0 Å². The van der Waals surface area contributed by atoms with Crippen LogP contribution in [0.25, 0.3) is 0 Å². The molecule has 0 aromatic rings. The molecule has 0 heterocycles. The monoisotopic (exact) mass is 197 g/mol. The van der Waals surface area contributed by atoms with Crippen LogP contribution in [0.5, 0.6) is 0 Å². The lowest BCUT2D eigenvalue weighted by atomic mass is 9.90. The molecule has 0 fully saturated rings. The van der Waals surface area contributed by atoms with Gasteiger partial charge in [-0.25, -0.2) is 0 Å². The molecule has 0 bridgehead atoms. The Kier molecular flexibility index (Phi) is 4.74. The van der Waals surface area contributed by atoms with Gasteiger partial charge in [0.1, 0.15) is 0 Å². The van der Waals surface area contributed by atoms with Crippen LogP contribution in [0.3, 0.4) is 0 Å². The lowest BCUT2D eigenvalue weighted by molar-refractivity contribution is 0.274. The Morgan fingerprint density at radius 3 is 2.79 bits per heavy atom. The van der Waals surface area contributed by atoms with Crippen LogP contribution in [0.2, 0.25) is 0 Å². The van der Waals surface area contributed by atoms with Crippen molar-refractivity contribution in [2.45, 2.75) is 26.2 Å². The third-order valence-corrected chi connectivity index (χ3v) is 2.87. The molecule has 14 heavy (non-hydrogen) atoms. The van der Waals surface area contributed by atoms with E-state index in [2.05, 4.69) is 24.4 Å². The van der Waals surface area contributed by atoms with Gasteiger partial charge in [-0.2, -0.15) is 0 Å². The molecule has 0 aromatic carbocycles. The second kappa shape index (κ2) is 5.86. The van der Waals surface area contributed by atoms with Crippen LogP contribution in [0.1, 0.15) is 27.6 Å². The van der Waals surface area contributed by atoms with Gasteiger partial charge in [0.05, 0.1) is 12.9 Å². The van der Waals surface area contributed by atoms with Gasteiger partial charge >= 0.3 is 0 Å². The normalized spacial score (nSPS) is 18.5. The fourth-order valence-electron chi connectivity index (χ4n) is 1.76. The van der Waals surface area contributed by atoms with Crippen molar-refractivity contribution in [3.8, 4) is 0 Å². The minimum absolute atomic E-state index is 0. The van der Waals surface area contributed by atoms with Crippen molar-refractivity contribution >= 4 is 0 Å². The van der Waals surface area contributed by atoms with Crippen molar-refractivity contribution < 1.29 is 6.16 Å². The van der Waals surface area contributed by atoms with Crippen LogP contribution in [0, 0.1) is 5.92 Å². The van der Waals surface area contributed by atoms with Gasteiger partial charge in [-0.15, -0.1) is 0 Å². The molecule has 1 atom stereocenters. The van der Waals surface area contributed by atoms with Crippen LogP contribution in [0.4, 0.5) is 0 Å². The van der Waals surface area contributed by atoms with E-state index in [1.807, 2.05) is 7.05 Å². The van der Waals surface area contributed by atoms with Gasteiger partial charge in [0.25, 0.3) is 0 Å². The third-order valence-electron chi connectivity index (χ3n) is 2.87. The summed E-state index contributed by atoms with van der Waals surface area (Å²) in [7, 11) is 3.75. The molecule has 0 spiro atoms. The molecule has 1 N–H and O–H groups in total. The lowest BCUT2D eigenvalue weighted by Gasteiger charge is -2.19. The van der Waals surface area contributed by atoms with Gasteiger partial charge in [0, 0.05) is 7.85 Å². The Morgan fingerprint density at radius 2 is 2.29 bits per heavy atom. The summed E-state index contributed by atoms with van der Waals surface area (Å²) >= 11 is 0. The second-order valence-corrected chi connectivity index (χ2v) is 3.87. The Hall–Kier alpha value is -0.760. The van der Waals surface area contributed by atoms with Crippen molar-refractivity contribution in [1.29, 1.82) is 0 Å². The number of hydrogen-bond acceptors (Lipinski definition) is 2. The zero-order valence-corrected chi connectivity index (χ0v) is 9.47. The van der Waals surface area contributed by atoms with E-state index in [4.69, 9.17) is 4.74 Å². The first-order valence-corrected chi connectivity index (χ1v) is 5.36. The highest BCUT2D eigenvalue weighted by Crippen LogP contribution is 2.25. The quantitative estimate of drug-likeness (QED) is 0.731. The Bertz CT molecular complexity index is 236. The maximum absolute atomic E-state index is 5.20. The van der Waals surface area contributed by atoms with E-state index in [1.54, 1.807) is 12.7 Å². The third kappa shape index (κ3) is 3.18. The summed E-state index contributed by atoms with van der Waals surface area (Å²) < 4.78 is 5.20. The highest BCUT2D eigenvalue weighted by molar-refractivity contribution is 5.22. The first-order valence-electron chi connectivity index (χ1n) is 5.36. The minimum Gasteiger partial charge on any atom is -0.501 e. The van der Waals surface area contributed by atoms with E-state index in [0.29, 0.717) is 5.92 Å². The van der Waals surface area contributed by atoms with E-state index < -0.39 is 0 Å². The van der Waals surface area contributed by atoms with Crippen molar-refractivity contribution in [2.75, 3.05) is 20.7 Å². The summed E-state index contributed by atoms with van der Waals surface area (Å²) in [5.41, 5.74) is 1.56. The molecule has 0 aliphatic heterocycles. The average molecular weight is 197 g/mol. The molecule has 0 aromatic heterocycles. The second-order valence-electron chi connectivity index (χ2n) is 3.87. The fourth-order valence-corrected chi connectivity index (χ4v) is 1.76. The molecule has 0 saturated heterocycles. The van der Waals surface area contributed by atoms with Crippen molar-refractivity contribution in [1.82, 2.24) is 5.32 Å². The largest absolute Gasteiger partial charge is 0.501 e. The molecule has 1 aliphatic rings. The van der Waals surface area contributed by atoms with Gasteiger partial charge in [-0.3, -0.25) is 0 Å². The smallest absolute Gasteiger partial charge is 0.0958 e. The molecule has 2 heteroatoms. The zero-order chi connectivity index (χ0) is 10.4. The SMILES string of the molecule is CNCC[C@@H](C)C1=CC=C(OC)CC1.[HH]. The molecular weight excluding hydrogens is 174 g/mol. The average Bonchev–Trinajstić information content (AvgIpc) is 2.26. The molecule has 0 radical (unpaired) electrons. The summed E-state index contributed by atoms with van der Waals surface area (Å²) in [5, 5.41) is 3.19. The van der Waals surface area contributed by atoms with Crippen molar-refractivity contribution in [3.05, 3.63) is 23.5 Å². The van der Waals surface area contributed by atoms with Crippen LogP contribution in [0.15, 0.2) is 23.5 Å². The Balaban J connectivity index is 0.00000196. The Morgan fingerprint density at radius 1 is 1.50 bits per heavy atom. The van der Waals surface area contributed by atoms with Gasteiger partial charge in [-0.1, -0.05) is 18.6 Å². The van der Waals surface area contributed by atoms with Crippen LogP contribution < -0.4 is 5.32 Å². The summed E-state index contributed by atoms with van der Waals surface area (Å²) in [6.45, 7) is 3.40. The van der Waals surface area contributed by atoms with Crippen molar-refractivity contribution in [3.63, 3.8) is 0 Å². The maximum atomic E-state index is 5.20. The van der Waals surface area contributed by atoms with Crippen molar-refractivity contribution in [2.24, 2.45) is 5.92 Å². The van der Waals surface area contributed by atoms with Gasteiger partial charge < -0.3 is 10.1 Å². The summed E-state index contributed by atoms with van der Waals surface area (Å²) in [6, 6.07) is 0. The number of hydrogen-bond donors (Lipinski definition) is 1. The topological polar surface area (TPSA) is 21.3 Å². The van der Waals surface area contributed by atoms with Crippen LogP contribution in [-0.4, -0.2) is 20.7 Å². The minimum atomic E-state index is 0. The summed E-state index contributed by atoms with van der Waals surface area (Å²) in [5.74, 6) is 1.80. The molecular formula is C12H23NO. The molecule has 0 saturated carbocycles. The molecule has 2 nitrogen and oxygen atoms in total. The highest BCUT2D eigenvalue weighted by Gasteiger charge is 2.12. The van der Waals surface area contributed by atoms with E-state index in [1.165, 1.54) is 6.42 Å². The maximum Gasteiger partial charge on any atom is 0.0958 e. The van der Waals surface area contributed by atoms with Gasteiger partial charge in [-0.05, 0) is 38.4 Å². The van der Waals surface area contributed by atoms with E-state index in [-0.39, 0.29) is 1.43 Å².